The lowest BCUT2D eigenvalue weighted by Gasteiger charge is -1.96. The summed E-state index contributed by atoms with van der Waals surface area (Å²) in [4.78, 5) is 4.35. The average Bonchev–Trinajstić information content (AvgIpc) is 3.07. The molecule has 0 aliphatic heterocycles. The van der Waals surface area contributed by atoms with E-state index in [4.69, 9.17) is 4.52 Å². The van der Waals surface area contributed by atoms with Gasteiger partial charge in [-0.2, -0.15) is 4.98 Å². The molecule has 1 heterocycles. The van der Waals surface area contributed by atoms with Gasteiger partial charge in [0.15, 0.2) is 5.82 Å². The summed E-state index contributed by atoms with van der Waals surface area (Å²) in [7, 11) is 0. The Morgan fingerprint density at radius 3 is 2.86 bits per heavy atom. The van der Waals surface area contributed by atoms with Crippen molar-refractivity contribution < 1.29 is 4.52 Å². The second kappa shape index (κ2) is 3.35. The van der Waals surface area contributed by atoms with Gasteiger partial charge < -0.3 is 9.84 Å². The van der Waals surface area contributed by atoms with Crippen LogP contribution in [0.4, 0.5) is 0 Å². The van der Waals surface area contributed by atoms with Crippen molar-refractivity contribution in [2.75, 3.05) is 6.54 Å². The van der Waals surface area contributed by atoms with Gasteiger partial charge >= 0.3 is 0 Å². The van der Waals surface area contributed by atoms with Gasteiger partial charge in [-0.05, 0) is 38.1 Å². The minimum Gasteiger partial charge on any atom is -0.338 e. The zero-order valence-electron chi connectivity index (χ0n) is 8.20. The van der Waals surface area contributed by atoms with E-state index in [1.807, 2.05) is 0 Å². The van der Waals surface area contributed by atoms with Crippen LogP contribution in [0.3, 0.4) is 0 Å². The molecule has 4 nitrogen and oxygen atoms in total. The van der Waals surface area contributed by atoms with E-state index in [0.717, 1.165) is 30.7 Å². The molecule has 14 heavy (non-hydrogen) atoms. The smallest absolute Gasteiger partial charge is 0.240 e. The Bertz CT molecular complexity index is 315. The third-order valence-electron chi connectivity index (χ3n) is 2.83. The van der Waals surface area contributed by atoms with Crippen LogP contribution in [-0.2, 0) is 6.54 Å². The molecule has 0 unspecified atom stereocenters. The second-order valence-electron chi connectivity index (χ2n) is 4.39. The van der Waals surface area contributed by atoms with Crippen LogP contribution in [0.5, 0.6) is 0 Å². The monoisotopic (exact) mass is 193 g/mol. The van der Waals surface area contributed by atoms with Gasteiger partial charge in [-0.1, -0.05) is 5.16 Å². The third-order valence-corrected chi connectivity index (χ3v) is 2.83. The first kappa shape index (κ1) is 8.41. The SMILES string of the molecule is C(NCC1CC1)c1nc(C2CC2)no1. The molecule has 0 amide bonds. The second-order valence-corrected chi connectivity index (χ2v) is 4.39. The van der Waals surface area contributed by atoms with Gasteiger partial charge in [0.1, 0.15) is 0 Å². The Balaban J connectivity index is 1.49. The Kier molecular flexibility index (Phi) is 2.01. The molecular weight excluding hydrogens is 178 g/mol. The molecule has 0 saturated heterocycles. The maximum Gasteiger partial charge on any atom is 0.240 e. The lowest BCUT2D eigenvalue weighted by atomic mass is 10.4. The van der Waals surface area contributed by atoms with Gasteiger partial charge in [0.05, 0.1) is 6.54 Å². The molecule has 2 aliphatic carbocycles. The zero-order valence-corrected chi connectivity index (χ0v) is 8.20. The minimum atomic E-state index is 0.593. The standard InChI is InChI=1S/C10H15N3O/c1-2-7(1)5-11-6-9-12-10(13-14-9)8-3-4-8/h7-8,11H,1-6H2. The molecule has 2 aliphatic rings. The number of hydrogen-bond donors (Lipinski definition) is 1. The van der Waals surface area contributed by atoms with Crippen molar-refractivity contribution in [2.45, 2.75) is 38.1 Å². The first-order valence-corrected chi connectivity index (χ1v) is 5.45. The minimum absolute atomic E-state index is 0.593. The van der Waals surface area contributed by atoms with Crippen molar-refractivity contribution in [3.8, 4) is 0 Å². The number of nitrogens with one attached hydrogen (secondary N) is 1. The molecule has 1 aromatic heterocycles. The largest absolute Gasteiger partial charge is 0.338 e. The van der Waals surface area contributed by atoms with Crippen LogP contribution >= 0.6 is 0 Å². The quantitative estimate of drug-likeness (QED) is 0.769. The highest BCUT2D eigenvalue weighted by molar-refractivity contribution is 5.03. The van der Waals surface area contributed by atoms with Crippen LogP contribution in [0, 0.1) is 5.92 Å². The number of hydrogen-bond acceptors (Lipinski definition) is 4. The van der Waals surface area contributed by atoms with Crippen LogP contribution in [0.25, 0.3) is 0 Å². The highest BCUT2D eigenvalue weighted by atomic mass is 16.5. The number of aromatic nitrogens is 2. The molecule has 0 radical (unpaired) electrons. The predicted octanol–water partition coefficient (Wildman–Crippen LogP) is 1.45. The maximum atomic E-state index is 5.14. The molecule has 3 rings (SSSR count). The summed E-state index contributed by atoms with van der Waals surface area (Å²) < 4.78 is 5.14. The number of nitrogens with zero attached hydrogens (tertiary/aromatic N) is 2. The summed E-state index contributed by atoms with van der Waals surface area (Å²) in [6.45, 7) is 1.83. The summed E-state index contributed by atoms with van der Waals surface area (Å²) in [5.41, 5.74) is 0. The van der Waals surface area contributed by atoms with E-state index in [9.17, 15) is 0 Å². The molecule has 76 valence electrons. The summed E-state index contributed by atoms with van der Waals surface area (Å²) in [5, 5.41) is 7.31. The van der Waals surface area contributed by atoms with Gasteiger partial charge in [-0.15, -0.1) is 0 Å². The lowest BCUT2D eigenvalue weighted by Crippen LogP contribution is -2.16. The molecular formula is C10H15N3O. The van der Waals surface area contributed by atoms with Crippen molar-refractivity contribution in [3.63, 3.8) is 0 Å². The fourth-order valence-corrected chi connectivity index (χ4v) is 1.55. The summed E-state index contributed by atoms with van der Waals surface area (Å²) in [5.74, 6) is 3.15. The molecule has 2 saturated carbocycles. The highest BCUT2D eigenvalue weighted by Crippen LogP contribution is 2.38. The molecule has 0 aromatic carbocycles. The Morgan fingerprint density at radius 1 is 1.29 bits per heavy atom. The van der Waals surface area contributed by atoms with Crippen LogP contribution in [0.2, 0.25) is 0 Å². The van der Waals surface area contributed by atoms with Crippen LogP contribution < -0.4 is 5.32 Å². The molecule has 1 aromatic rings. The van der Waals surface area contributed by atoms with Crippen molar-refractivity contribution in [3.05, 3.63) is 11.7 Å². The Morgan fingerprint density at radius 2 is 2.14 bits per heavy atom. The van der Waals surface area contributed by atoms with Crippen molar-refractivity contribution in [2.24, 2.45) is 5.92 Å². The van der Waals surface area contributed by atoms with E-state index in [1.165, 1.54) is 25.7 Å². The van der Waals surface area contributed by atoms with Crippen LogP contribution in [0.15, 0.2) is 4.52 Å². The summed E-state index contributed by atoms with van der Waals surface area (Å²) in [6.07, 6.45) is 5.22. The molecule has 1 N–H and O–H groups in total. The topological polar surface area (TPSA) is 51.0 Å². The van der Waals surface area contributed by atoms with Crippen LogP contribution in [0.1, 0.15) is 43.3 Å². The van der Waals surface area contributed by atoms with Crippen molar-refractivity contribution >= 4 is 0 Å². The summed E-state index contributed by atoms with van der Waals surface area (Å²) in [6, 6.07) is 0. The molecule has 0 bridgehead atoms. The van der Waals surface area contributed by atoms with Crippen molar-refractivity contribution in [1.82, 2.24) is 15.5 Å². The fourth-order valence-electron chi connectivity index (χ4n) is 1.55. The van der Waals surface area contributed by atoms with Gasteiger partial charge in [0, 0.05) is 5.92 Å². The predicted molar refractivity (Wildman–Crippen MR) is 50.7 cm³/mol. The van der Waals surface area contributed by atoms with Gasteiger partial charge in [0.2, 0.25) is 5.89 Å². The molecule has 0 spiro atoms. The van der Waals surface area contributed by atoms with Crippen molar-refractivity contribution in [1.29, 1.82) is 0 Å². The summed E-state index contributed by atoms with van der Waals surface area (Å²) >= 11 is 0. The van der Waals surface area contributed by atoms with E-state index in [1.54, 1.807) is 0 Å². The average molecular weight is 193 g/mol. The van der Waals surface area contributed by atoms with E-state index < -0.39 is 0 Å². The first-order chi connectivity index (χ1) is 6.92. The van der Waals surface area contributed by atoms with E-state index in [-0.39, 0.29) is 0 Å². The number of rotatable bonds is 5. The Hall–Kier alpha value is -0.900. The van der Waals surface area contributed by atoms with Crippen LogP contribution in [-0.4, -0.2) is 16.7 Å². The third kappa shape index (κ3) is 1.95. The first-order valence-electron chi connectivity index (χ1n) is 5.45. The van der Waals surface area contributed by atoms with Gasteiger partial charge in [-0.3, -0.25) is 0 Å². The van der Waals surface area contributed by atoms with E-state index in [0.29, 0.717) is 5.92 Å². The lowest BCUT2D eigenvalue weighted by molar-refractivity contribution is 0.362. The molecule has 2 fully saturated rings. The highest BCUT2D eigenvalue weighted by Gasteiger charge is 2.28. The zero-order chi connectivity index (χ0) is 9.38. The molecule has 4 heteroatoms. The van der Waals surface area contributed by atoms with E-state index >= 15 is 0 Å². The Labute approximate surface area is 83.1 Å². The van der Waals surface area contributed by atoms with Gasteiger partial charge in [0.25, 0.3) is 0 Å². The molecule has 0 atom stereocenters. The normalized spacial score (nSPS) is 21.4. The fraction of sp³-hybridized carbons (Fsp3) is 0.800. The van der Waals surface area contributed by atoms with Gasteiger partial charge in [-0.25, -0.2) is 0 Å². The van der Waals surface area contributed by atoms with E-state index in [2.05, 4.69) is 15.5 Å². The maximum absolute atomic E-state index is 5.14.